The molecule has 0 radical (unpaired) electrons. The van der Waals surface area contributed by atoms with E-state index < -0.39 is 6.61 Å². The zero-order chi connectivity index (χ0) is 20.8. The SMILES string of the molecule is OC(=C(C(=S)Nc1ccc(OC(F)F)cc1)[n+]1ccccc1)c1ccccc1Br. The van der Waals surface area contributed by atoms with E-state index in [1.54, 1.807) is 35.2 Å². The van der Waals surface area contributed by atoms with E-state index >= 15 is 0 Å². The van der Waals surface area contributed by atoms with Gasteiger partial charge in [-0.15, -0.1) is 0 Å². The lowest BCUT2D eigenvalue weighted by molar-refractivity contribution is -0.575. The molecule has 4 nitrogen and oxygen atoms in total. The number of thiocarbonyl (C=S) groups is 1. The Kier molecular flexibility index (Phi) is 6.90. The van der Waals surface area contributed by atoms with Gasteiger partial charge in [0.15, 0.2) is 23.1 Å². The number of aromatic nitrogens is 1. The normalized spacial score (nSPS) is 11.7. The Labute approximate surface area is 180 Å². The van der Waals surface area contributed by atoms with E-state index in [-0.39, 0.29) is 16.5 Å². The van der Waals surface area contributed by atoms with Crippen LogP contribution in [0.25, 0.3) is 11.5 Å². The van der Waals surface area contributed by atoms with Gasteiger partial charge in [0.2, 0.25) is 0 Å². The van der Waals surface area contributed by atoms with Crippen LogP contribution in [0.15, 0.2) is 83.6 Å². The second-order valence-corrected chi connectivity index (χ2v) is 7.08. The Morgan fingerprint density at radius 1 is 1.00 bits per heavy atom. The molecular weight excluding hydrogens is 462 g/mol. The number of benzene rings is 2. The van der Waals surface area contributed by atoms with Crippen molar-refractivity contribution < 1.29 is 23.2 Å². The van der Waals surface area contributed by atoms with E-state index in [0.717, 1.165) is 0 Å². The number of pyridine rings is 1. The highest BCUT2D eigenvalue weighted by molar-refractivity contribution is 9.10. The minimum Gasteiger partial charge on any atom is -0.502 e. The van der Waals surface area contributed by atoms with Crippen LogP contribution in [0.2, 0.25) is 0 Å². The molecule has 2 N–H and O–H groups in total. The number of hydrogen-bond donors (Lipinski definition) is 2. The average molecular weight is 478 g/mol. The molecule has 0 saturated heterocycles. The molecule has 1 aromatic heterocycles. The molecule has 0 unspecified atom stereocenters. The van der Waals surface area contributed by atoms with Crippen molar-refractivity contribution in [2.24, 2.45) is 0 Å². The van der Waals surface area contributed by atoms with Gasteiger partial charge in [-0.3, -0.25) is 0 Å². The second kappa shape index (κ2) is 9.58. The number of halogens is 3. The first kappa shape index (κ1) is 20.9. The summed E-state index contributed by atoms with van der Waals surface area (Å²) in [6.07, 6.45) is 3.52. The Hall–Kier alpha value is -2.84. The quantitative estimate of drug-likeness (QED) is 0.208. The third-order valence-electron chi connectivity index (χ3n) is 3.88. The summed E-state index contributed by atoms with van der Waals surface area (Å²) in [4.78, 5) is 0.247. The Balaban J connectivity index is 1.96. The lowest BCUT2D eigenvalue weighted by Gasteiger charge is -2.11. The molecule has 0 amide bonds. The van der Waals surface area contributed by atoms with Gasteiger partial charge in [0.25, 0.3) is 5.70 Å². The fraction of sp³-hybridized carbons (Fsp3) is 0.0476. The lowest BCUT2D eigenvalue weighted by atomic mass is 10.1. The molecular formula is C21H16BrF2N2O2S+. The largest absolute Gasteiger partial charge is 0.502 e. The Morgan fingerprint density at radius 3 is 2.28 bits per heavy atom. The van der Waals surface area contributed by atoms with Crippen LogP contribution in [0.4, 0.5) is 14.5 Å². The first-order valence-electron chi connectivity index (χ1n) is 8.47. The van der Waals surface area contributed by atoms with Crippen molar-refractivity contribution in [2.75, 3.05) is 5.32 Å². The average Bonchev–Trinajstić information content (AvgIpc) is 2.70. The first-order valence-corrected chi connectivity index (χ1v) is 9.67. The number of nitrogens with zero attached hydrogens (tertiary/aromatic N) is 1. The Morgan fingerprint density at radius 2 is 1.66 bits per heavy atom. The molecule has 0 atom stereocenters. The smallest absolute Gasteiger partial charge is 0.387 e. The van der Waals surface area contributed by atoms with Gasteiger partial charge in [0.05, 0.1) is 0 Å². The van der Waals surface area contributed by atoms with Gasteiger partial charge in [-0.1, -0.05) is 46.3 Å². The fourth-order valence-corrected chi connectivity index (χ4v) is 3.38. The van der Waals surface area contributed by atoms with E-state index in [2.05, 4.69) is 26.0 Å². The highest BCUT2D eigenvalue weighted by atomic mass is 79.9. The van der Waals surface area contributed by atoms with Gasteiger partial charge in [0, 0.05) is 27.9 Å². The minimum absolute atomic E-state index is 0.0242. The van der Waals surface area contributed by atoms with Gasteiger partial charge in [-0.25, -0.2) is 0 Å². The van der Waals surface area contributed by atoms with Crippen molar-refractivity contribution in [3.63, 3.8) is 0 Å². The summed E-state index contributed by atoms with van der Waals surface area (Å²) < 4.78 is 31.4. The van der Waals surface area contributed by atoms with E-state index in [9.17, 15) is 13.9 Å². The van der Waals surface area contributed by atoms with Crippen LogP contribution in [0.5, 0.6) is 5.75 Å². The van der Waals surface area contributed by atoms with Gasteiger partial charge < -0.3 is 15.2 Å². The van der Waals surface area contributed by atoms with Crippen molar-refractivity contribution in [3.05, 3.63) is 89.2 Å². The topological polar surface area (TPSA) is 45.4 Å². The number of ether oxygens (including phenoxy) is 1. The van der Waals surface area contributed by atoms with Crippen LogP contribution >= 0.6 is 28.1 Å². The minimum atomic E-state index is -2.89. The highest BCUT2D eigenvalue weighted by Crippen LogP contribution is 2.26. The predicted octanol–water partition coefficient (Wildman–Crippen LogP) is 5.66. The summed E-state index contributed by atoms with van der Waals surface area (Å²) in [6, 6.07) is 18.6. The van der Waals surface area contributed by atoms with E-state index in [1.165, 1.54) is 12.1 Å². The number of aliphatic hydroxyl groups excluding tert-OH is 1. The molecule has 3 rings (SSSR count). The molecule has 0 bridgehead atoms. The summed E-state index contributed by atoms with van der Waals surface area (Å²) >= 11 is 8.98. The van der Waals surface area contributed by atoms with Crippen LogP contribution in [-0.2, 0) is 0 Å². The molecule has 8 heteroatoms. The Bertz CT molecular complexity index is 1030. The van der Waals surface area contributed by atoms with Crippen LogP contribution in [-0.4, -0.2) is 16.7 Å². The maximum Gasteiger partial charge on any atom is 0.387 e. The standard InChI is InChI=1S/C21H15BrF2N2O2S/c22-17-7-3-2-6-16(17)19(27)18(26-12-4-1-5-13-26)20(29)25-14-8-10-15(11-9-14)28-21(23)24/h1-13,21H,(H-,25,27,29)/p+1. The summed E-state index contributed by atoms with van der Waals surface area (Å²) in [5.74, 6) is 0.0181. The third-order valence-corrected chi connectivity index (χ3v) is 4.87. The molecule has 0 fully saturated rings. The summed E-state index contributed by atoms with van der Waals surface area (Å²) in [6.45, 7) is -2.89. The fourth-order valence-electron chi connectivity index (χ4n) is 2.59. The number of alkyl halides is 2. The second-order valence-electron chi connectivity index (χ2n) is 5.82. The van der Waals surface area contributed by atoms with Crippen LogP contribution < -0.4 is 14.6 Å². The number of nitrogens with one attached hydrogen (secondary N) is 1. The van der Waals surface area contributed by atoms with Gasteiger partial charge >= 0.3 is 6.61 Å². The van der Waals surface area contributed by atoms with E-state index in [0.29, 0.717) is 21.4 Å². The van der Waals surface area contributed by atoms with E-state index in [4.69, 9.17) is 12.2 Å². The molecule has 0 aliphatic heterocycles. The summed E-state index contributed by atoms with van der Waals surface area (Å²) in [5, 5.41) is 14.0. The van der Waals surface area contributed by atoms with Gasteiger partial charge in [0.1, 0.15) is 5.75 Å². The van der Waals surface area contributed by atoms with Crippen LogP contribution in [0.1, 0.15) is 5.56 Å². The van der Waals surface area contributed by atoms with Gasteiger partial charge in [-0.05, 0) is 36.4 Å². The zero-order valence-corrected chi connectivity index (χ0v) is 17.3. The molecule has 0 aliphatic carbocycles. The maximum absolute atomic E-state index is 12.3. The van der Waals surface area contributed by atoms with Gasteiger partial charge in [-0.2, -0.15) is 13.3 Å². The zero-order valence-electron chi connectivity index (χ0n) is 14.9. The predicted molar refractivity (Wildman–Crippen MR) is 116 cm³/mol. The number of rotatable bonds is 6. The summed E-state index contributed by atoms with van der Waals surface area (Å²) in [5.41, 5.74) is 1.50. The van der Waals surface area contributed by atoms with Crippen molar-refractivity contribution in [3.8, 4) is 5.75 Å². The number of hydrogen-bond acceptors (Lipinski definition) is 3. The van der Waals surface area contributed by atoms with Crippen LogP contribution in [0, 0.1) is 0 Å². The molecule has 1 heterocycles. The molecule has 0 spiro atoms. The summed E-state index contributed by atoms with van der Waals surface area (Å²) in [7, 11) is 0. The van der Waals surface area contributed by atoms with Crippen molar-refractivity contribution in [1.82, 2.24) is 0 Å². The van der Waals surface area contributed by atoms with Crippen LogP contribution in [0.3, 0.4) is 0 Å². The van der Waals surface area contributed by atoms with Crippen molar-refractivity contribution in [1.29, 1.82) is 0 Å². The molecule has 0 aliphatic rings. The molecule has 0 saturated carbocycles. The van der Waals surface area contributed by atoms with E-state index in [1.807, 2.05) is 36.4 Å². The van der Waals surface area contributed by atoms with Crippen molar-refractivity contribution >= 4 is 50.3 Å². The maximum atomic E-state index is 12.3. The molecule has 148 valence electrons. The molecule has 2 aromatic carbocycles. The number of anilines is 1. The number of aliphatic hydroxyl groups is 1. The first-order chi connectivity index (χ1) is 14.0. The monoisotopic (exact) mass is 477 g/mol. The van der Waals surface area contributed by atoms with Crippen molar-refractivity contribution in [2.45, 2.75) is 6.61 Å². The lowest BCUT2D eigenvalue weighted by Crippen LogP contribution is -2.38. The highest BCUT2D eigenvalue weighted by Gasteiger charge is 2.24. The molecule has 29 heavy (non-hydrogen) atoms. The molecule has 3 aromatic rings. The third kappa shape index (κ3) is 5.36.